The third-order valence-electron chi connectivity index (χ3n) is 4.89. The van der Waals surface area contributed by atoms with Crippen molar-refractivity contribution in [1.82, 2.24) is 14.8 Å². The maximum atomic E-state index is 12.5. The van der Waals surface area contributed by atoms with E-state index in [4.69, 9.17) is 0 Å². The predicted molar refractivity (Wildman–Crippen MR) is 118 cm³/mol. The van der Waals surface area contributed by atoms with E-state index in [-0.39, 0.29) is 24.2 Å². The lowest BCUT2D eigenvalue weighted by molar-refractivity contribution is -0.125. The number of aryl methyl sites for hydroxylation is 2. The first kappa shape index (κ1) is 22.6. The van der Waals surface area contributed by atoms with Crippen LogP contribution in [0.2, 0.25) is 0 Å². The summed E-state index contributed by atoms with van der Waals surface area (Å²) in [5, 5.41) is 2.81. The van der Waals surface area contributed by atoms with E-state index >= 15 is 0 Å². The molecule has 0 fully saturated rings. The summed E-state index contributed by atoms with van der Waals surface area (Å²) < 4.78 is 0. The van der Waals surface area contributed by atoms with Crippen molar-refractivity contribution in [3.63, 3.8) is 0 Å². The molecule has 0 unspecified atom stereocenters. The first-order valence-corrected chi connectivity index (χ1v) is 9.28. The molecule has 0 saturated heterocycles. The number of pyridine rings is 1. The Balaban J connectivity index is 0.00000300. The molecule has 3 rings (SSSR count). The second-order valence-electron chi connectivity index (χ2n) is 7.44. The van der Waals surface area contributed by atoms with E-state index in [9.17, 15) is 9.59 Å². The van der Waals surface area contributed by atoms with E-state index in [0.29, 0.717) is 25.5 Å². The number of likely N-dealkylation sites (N-methyl/N-ethyl adjacent to an activating group) is 2. The molecule has 1 aromatic carbocycles. The Bertz CT molecular complexity index is 942. The number of carbonyl (C=O) groups is 2. The molecule has 0 radical (unpaired) electrons. The SMILES string of the molecule is Cc1ccc(CN(C)C(=O)/C=C/c2cnc3c(c2)CN(C)CC(=O)N3)cc1C.Cl. The van der Waals surface area contributed by atoms with E-state index in [1.807, 2.05) is 18.0 Å². The second kappa shape index (κ2) is 9.67. The Morgan fingerprint density at radius 2 is 2.00 bits per heavy atom. The van der Waals surface area contributed by atoms with E-state index in [0.717, 1.165) is 16.7 Å². The number of benzene rings is 1. The van der Waals surface area contributed by atoms with E-state index in [2.05, 4.69) is 42.3 Å². The number of nitrogens with zero attached hydrogens (tertiary/aromatic N) is 3. The number of hydrogen-bond donors (Lipinski definition) is 1. The third-order valence-corrected chi connectivity index (χ3v) is 4.89. The third kappa shape index (κ3) is 5.89. The summed E-state index contributed by atoms with van der Waals surface area (Å²) >= 11 is 0. The number of nitrogens with one attached hydrogen (secondary N) is 1. The minimum atomic E-state index is -0.0707. The van der Waals surface area contributed by atoms with Crippen LogP contribution in [0.15, 0.2) is 36.5 Å². The molecular formula is C22H27ClN4O2. The van der Waals surface area contributed by atoms with Crippen LogP contribution in [0.5, 0.6) is 0 Å². The Hall–Kier alpha value is -2.70. The highest BCUT2D eigenvalue weighted by atomic mass is 35.5. The highest BCUT2D eigenvalue weighted by molar-refractivity contribution is 5.93. The molecule has 0 saturated carbocycles. The lowest BCUT2D eigenvalue weighted by Gasteiger charge is -2.16. The monoisotopic (exact) mass is 414 g/mol. The normalized spacial score (nSPS) is 14.0. The molecule has 7 heteroatoms. The van der Waals surface area contributed by atoms with Gasteiger partial charge in [0.2, 0.25) is 11.8 Å². The fourth-order valence-corrected chi connectivity index (χ4v) is 3.16. The molecule has 2 aromatic rings. The molecule has 1 N–H and O–H groups in total. The van der Waals surface area contributed by atoms with Crippen molar-refractivity contribution >= 4 is 36.1 Å². The zero-order valence-electron chi connectivity index (χ0n) is 17.2. The fourth-order valence-electron chi connectivity index (χ4n) is 3.16. The maximum absolute atomic E-state index is 12.5. The number of fused-ring (bicyclic) bond motifs is 1. The summed E-state index contributed by atoms with van der Waals surface area (Å²) in [5.74, 6) is 0.448. The van der Waals surface area contributed by atoms with Crippen LogP contribution in [0.25, 0.3) is 6.08 Å². The van der Waals surface area contributed by atoms with Gasteiger partial charge in [0.1, 0.15) is 5.82 Å². The maximum Gasteiger partial charge on any atom is 0.246 e. The van der Waals surface area contributed by atoms with Gasteiger partial charge < -0.3 is 10.2 Å². The van der Waals surface area contributed by atoms with Crippen molar-refractivity contribution in [3.05, 3.63) is 64.4 Å². The topological polar surface area (TPSA) is 65.5 Å². The molecule has 1 aromatic heterocycles. The van der Waals surface area contributed by atoms with Gasteiger partial charge in [-0.05, 0) is 55.3 Å². The highest BCUT2D eigenvalue weighted by Crippen LogP contribution is 2.19. The number of amides is 2. The van der Waals surface area contributed by atoms with Crippen molar-refractivity contribution in [1.29, 1.82) is 0 Å². The quantitative estimate of drug-likeness (QED) is 0.780. The average molecular weight is 415 g/mol. The predicted octanol–water partition coefficient (Wildman–Crippen LogP) is 3.18. The summed E-state index contributed by atoms with van der Waals surface area (Å²) in [6.07, 6.45) is 4.99. The van der Waals surface area contributed by atoms with Crippen molar-refractivity contribution in [3.8, 4) is 0 Å². The first-order chi connectivity index (χ1) is 13.3. The molecular weight excluding hydrogens is 388 g/mol. The van der Waals surface area contributed by atoms with Gasteiger partial charge in [-0.2, -0.15) is 0 Å². The van der Waals surface area contributed by atoms with Crippen LogP contribution in [-0.2, 0) is 22.7 Å². The van der Waals surface area contributed by atoms with Crippen molar-refractivity contribution in [2.75, 3.05) is 26.0 Å². The van der Waals surface area contributed by atoms with Crippen LogP contribution in [0.1, 0.15) is 27.8 Å². The first-order valence-electron chi connectivity index (χ1n) is 9.28. The summed E-state index contributed by atoms with van der Waals surface area (Å²) in [6.45, 7) is 5.68. The van der Waals surface area contributed by atoms with Gasteiger partial charge in [0.05, 0.1) is 6.54 Å². The molecule has 29 heavy (non-hydrogen) atoms. The van der Waals surface area contributed by atoms with E-state index in [1.165, 1.54) is 11.1 Å². The van der Waals surface area contributed by atoms with Gasteiger partial charge in [-0.25, -0.2) is 4.98 Å². The Labute approximate surface area is 178 Å². The molecule has 0 aliphatic carbocycles. The minimum absolute atomic E-state index is 0. The number of rotatable bonds is 4. The molecule has 2 amide bonds. The second-order valence-corrected chi connectivity index (χ2v) is 7.44. The van der Waals surface area contributed by atoms with E-state index < -0.39 is 0 Å². The summed E-state index contributed by atoms with van der Waals surface area (Å²) in [4.78, 5) is 32.2. The lowest BCUT2D eigenvalue weighted by atomic mass is 10.1. The van der Waals surface area contributed by atoms with Gasteiger partial charge in [-0.1, -0.05) is 18.2 Å². The van der Waals surface area contributed by atoms with Crippen LogP contribution < -0.4 is 5.32 Å². The number of aromatic nitrogens is 1. The van der Waals surface area contributed by atoms with Gasteiger partial charge >= 0.3 is 0 Å². The van der Waals surface area contributed by atoms with Crippen LogP contribution in [0.4, 0.5) is 5.82 Å². The van der Waals surface area contributed by atoms with Crippen LogP contribution in [-0.4, -0.2) is 47.2 Å². The van der Waals surface area contributed by atoms with Crippen molar-refractivity contribution in [2.24, 2.45) is 0 Å². The van der Waals surface area contributed by atoms with Gasteiger partial charge in [-0.3, -0.25) is 14.5 Å². The minimum Gasteiger partial charge on any atom is -0.338 e. The molecule has 2 heterocycles. The Morgan fingerprint density at radius 3 is 2.72 bits per heavy atom. The molecule has 154 valence electrons. The van der Waals surface area contributed by atoms with Crippen LogP contribution >= 0.6 is 12.4 Å². The molecule has 0 spiro atoms. The van der Waals surface area contributed by atoms with Crippen LogP contribution in [0, 0.1) is 13.8 Å². The number of carbonyl (C=O) groups excluding carboxylic acids is 2. The standard InChI is InChI=1S/C22H26N4O2.ClH/c1-15-5-6-18(9-16(15)2)12-26(4)21(28)8-7-17-10-19-13-25(3)14-20(27)24-22(19)23-11-17;/h5-11H,12-14H2,1-4H3,(H,23,24,27);1H/b8-7+;. The number of halogens is 1. The van der Waals surface area contributed by atoms with Gasteiger partial charge in [0.25, 0.3) is 0 Å². The van der Waals surface area contributed by atoms with Gasteiger partial charge in [0.15, 0.2) is 0 Å². The average Bonchev–Trinajstić information content (AvgIpc) is 2.78. The zero-order chi connectivity index (χ0) is 20.3. The molecule has 0 atom stereocenters. The number of hydrogen-bond acceptors (Lipinski definition) is 4. The molecule has 1 aliphatic heterocycles. The molecule has 6 nitrogen and oxygen atoms in total. The zero-order valence-corrected chi connectivity index (χ0v) is 18.0. The van der Waals surface area contributed by atoms with Gasteiger partial charge in [-0.15, -0.1) is 12.4 Å². The van der Waals surface area contributed by atoms with Crippen molar-refractivity contribution < 1.29 is 9.59 Å². The molecule has 1 aliphatic rings. The summed E-state index contributed by atoms with van der Waals surface area (Å²) in [6, 6.07) is 8.20. The molecule has 0 bridgehead atoms. The van der Waals surface area contributed by atoms with Gasteiger partial charge in [0, 0.05) is 38.0 Å². The fraction of sp³-hybridized carbons (Fsp3) is 0.318. The van der Waals surface area contributed by atoms with E-state index in [1.54, 1.807) is 30.3 Å². The highest BCUT2D eigenvalue weighted by Gasteiger charge is 2.17. The largest absolute Gasteiger partial charge is 0.338 e. The van der Waals surface area contributed by atoms with Crippen LogP contribution in [0.3, 0.4) is 0 Å². The summed E-state index contributed by atoms with van der Waals surface area (Å²) in [5.41, 5.74) is 5.35. The number of anilines is 1. The Morgan fingerprint density at radius 1 is 1.24 bits per heavy atom. The lowest BCUT2D eigenvalue weighted by Crippen LogP contribution is -2.26. The summed E-state index contributed by atoms with van der Waals surface area (Å²) in [7, 11) is 3.68. The van der Waals surface area contributed by atoms with Crippen molar-refractivity contribution in [2.45, 2.75) is 26.9 Å². The smallest absolute Gasteiger partial charge is 0.246 e. The Kier molecular flexibility index (Phi) is 7.53.